The normalized spacial score (nSPS) is 11.1. The Labute approximate surface area is 160 Å². The van der Waals surface area contributed by atoms with Crippen LogP contribution in [0.4, 0.5) is 5.69 Å². The van der Waals surface area contributed by atoms with Crippen LogP contribution in [0.3, 0.4) is 0 Å². The van der Waals surface area contributed by atoms with E-state index in [1.165, 1.54) is 4.68 Å². The molecule has 1 heterocycles. The van der Waals surface area contributed by atoms with Gasteiger partial charge >= 0.3 is 0 Å². The molecule has 0 N–H and O–H groups in total. The summed E-state index contributed by atoms with van der Waals surface area (Å²) in [4.78, 5) is 4.44. The summed E-state index contributed by atoms with van der Waals surface area (Å²) >= 11 is 5.88. The van der Waals surface area contributed by atoms with Gasteiger partial charge in [0.05, 0.1) is 16.5 Å². The Morgan fingerprint density at radius 1 is 0.926 bits per heavy atom. The lowest BCUT2D eigenvalue weighted by atomic mass is 10.1. The van der Waals surface area contributed by atoms with E-state index in [2.05, 4.69) is 10.3 Å². The monoisotopic (exact) mass is 375 g/mol. The molecule has 0 amide bonds. The largest absolute Gasteiger partial charge is 0.539 e. The molecule has 0 fully saturated rings. The first kappa shape index (κ1) is 17.0. The fourth-order valence-electron chi connectivity index (χ4n) is 2.64. The summed E-state index contributed by atoms with van der Waals surface area (Å²) in [6.07, 6.45) is 1.76. The molecule has 0 radical (unpaired) electrons. The van der Waals surface area contributed by atoms with E-state index >= 15 is 0 Å². The average Bonchev–Trinajstić information content (AvgIpc) is 3.10. The van der Waals surface area contributed by atoms with Crippen LogP contribution in [0.15, 0.2) is 88.4 Å². The van der Waals surface area contributed by atoms with E-state index in [0.717, 1.165) is 16.9 Å². The smallest absolute Gasteiger partial charge is 0.270 e. The topological polar surface area (TPSA) is 65.3 Å². The van der Waals surface area contributed by atoms with E-state index in [-0.39, 0.29) is 0 Å². The van der Waals surface area contributed by atoms with Crippen molar-refractivity contribution in [2.75, 3.05) is 0 Å². The van der Waals surface area contributed by atoms with Crippen molar-refractivity contribution in [3.8, 4) is 22.9 Å². The van der Waals surface area contributed by atoms with Crippen LogP contribution < -0.4 is 9.79 Å². The first-order valence-electron chi connectivity index (χ1n) is 8.25. The maximum atomic E-state index is 12.1. The van der Waals surface area contributed by atoms with Gasteiger partial charge in [-0.1, -0.05) is 41.9 Å². The zero-order valence-electron chi connectivity index (χ0n) is 14.1. The number of rotatable bonds is 4. The lowest BCUT2D eigenvalue weighted by molar-refractivity contribution is -0.660. The van der Waals surface area contributed by atoms with E-state index in [4.69, 9.17) is 16.1 Å². The van der Waals surface area contributed by atoms with Gasteiger partial charge in [0, 0.05) is 23.4 Å². The van der Waals surface area contributed by atoms with Crippen molar-refractivity contribution in [2.24, 2.45) is 4.99 Å². The van der Waals surface area contributed by atoms with E-state index in [1.54, 1.807) is 6.21 Å². The fraction of sp³-hybridized carbons (Fsp3) is 0. The lowest BCUT2D eigenvalue weighted by Crippen LogP contribution is -2.34. The van der Waals surface area contributed by atoms with Gasteiger partial charge in [-0.15, -0.1) is 0 Å². The van der Waals surface area contributed by atoms with Crippen LogP contribution in [0.2, 0.25) is 5.02 Å². The molecule has 0 aliphatic heterocycles. The molecule has 1 aromatic heterocycles. The van der Waals surface area contributed by atoms with Gasteiger partial charge in [0.15, 0.2) is 5.95 Å². The maximum Gasteiger partial charge on any atom is 0.270 e. The molecule has 0 spiro atoms. The Morgan fingerprint density at radius 2 is 1.63 bits per heavy atom. The summed E-state index contributed by atoms with van der Waals surface area (Å²) in [5, 5.41) is 16.7. The lowest BCUT2D eigenvalue weighted by Gasteiger charge is -2.00. The van der Waals surface area contributed by atoms with Crippen LogP contribution in [0.5, 0.6) is 5.95 Å². The number of nitrogens with zero attached hydrogens (tertiary/aromatic N) is 3. The zero-order chi connectivity index (χ0) is 18.6. The Morgan fingerprint density at radius 3 is 2.33 bits per heavy atom. The van der Waals surface area contributed by atoms with Gasteiger partial charge in [-0.3, -0.25) is 4.99 Å². The molecule has 0 saturated carbocycles. The zero-order valence-corrected chi connectivity index (χ0v) is 14.9. The Balaban J connectivity index is 1.62. The van der Waals surface area contributed by atoms with Gasteiger partial charge in [0.1, 0.15) is 0 Å². The molecular formula is C21H14ClN3O2. The number of hydrogen-bond acceptors (Lipinski definition) is 4. The van der Waals surface area contributed by atoms with Gasteiger partial charge in [-0.05, 0) is 46.6 Å². The summed E-state index contributed by atoms with van der Waals surface area (Å²) in [5.41, 5.74) is 3.54. The second-order valence-corrected chi connectivity index (χ2v) is 6.25. The molecule has 27 heavy (non-hydrogen) atoms. The van der Waals surface area contributed by atoms with Crippen LogP contribution in [0.1, 0.15) is 5.56 Å². The summed E-state index contributed by atoms with van der Waals surface area (Å²) < 4.78 is 6.36. The molecule has 4 rings (SSSR count). The third-order valence-electron chi connectivity index (χ3n) is 3.98. The summed E-state index contributed by atoms with van der Waals surface area (Å²) in [7, 11) is 0. The van der Waals surface area contributed by atoms with E-state index in [9.17, 15) is 5.11 Å². The highest BCUT2D eigenvalue weighted by Gasteiger charge is 2.21. The van der Waals surface area contributed by atoms with Crippen LogP contribution in [0, 0.1) is 0 Å². The van der Waals surface area contributed by atoms with Crippen LogP contribution >= 0.6 is 11.6 Å². The molecule has 0 aliphatic carbocycles. The number of benzene rings is 3. The SMILES string of the molecule is [O-]c1on[n+](-c2ccccc2)c1-c1ccc(N=Cc2ccc(Cl)cc2)cc1. The van der Waals surface area contributed by atoms with Crippen molar-refractivity contribution in [1.82, 2.24) is 5.27 Å². The van der Waals surface area contributed by atoms with Gasteiger partial charge in [-0.2, -0.15) is 0 Å². The molecule has 0 atom stereocenters. The average molecular weight is 376 g/mol. The van der Waals surface area contributed by atoms with Gasteiger partial charge in [0.25, 0.3) is 5.69 Å². The maximum absolute atomic E-state index is 12.1. The van der Waals surface area contributed by atoms with Crippen molar-refractivity contribution >= 4 is 23.5 Å². The molecule has 0 saturated heterocycles. The number of aliphatic imine (C=N–C) groups is 1. The highest BCUT2D eigenvalue weighted by Crippen LogP contribution is 2.26. The number of para-hydroxylation sites is 1. The molecule has 5 nitrogen and oxygen atoms in total. The Hall–Kier alpha value is -3.44. The van der Waals surface area contributed by atoms with Crippen molar-refractivity contribution in [3.05, 3.63) is 89.4 Å². The summed E-state index contributed by atoms with van der Waals surface area (Å²) in [5.74, 6) is -0.490. The molecule has 3 aromatic carbocycles. The third-order valence-corrected chi connectivity index (χ3v) is 4.24. The highest BCUT2D eigenvalue weighted by molar-refractivity contribution is 6.30. The number of hydrogen-bond donors (Lipinski definition) is 0. The number of aromatic nitrogens is 2. The van der Waals surface area contributed by atoms with Gasteiger partial charge in [-0.25, -0.2) is 0 Å². The van der Waals surface area contributed by atoms with Crippen LogP contribution in [-0.2, 0) is 0 Å². The third kappa shape index (κ3) is 3.73. The van der Waals surface area contributed by atoms with Crippen molar-refractivity contribution in [2.45, 2.75) is 0 Å². The second-order valence-electron chi connectivity index (χ2n) is 5.81. The first-order chi connectivity index (χ1) is 13.2. The molecule has 0 aliphatic rings. The minimum Gasteiger partial charge on any atom is -0.539 e. The fourth-order valence-corrected chi connectivity index (χ4v) is 2.76. The first-order valence-corrected chi connectivity index (χ1v) is 8.63. The number of halogens is 1. The summed E-state index contributed by atoms with van der Waals surface area (Å²) in [6.45, 7) is 0. The van der Waals surface area contributed by atoms with Crippen molar-refractivity contribution in [3.63, 3.8) is 0 Å². The Bertz CT molecular complexity index is 1070. The molecule has 4 aromatic rings. The minimum absolute atomic E-state index is 0.370. The molecule has 0 unspecified atom stereocenters. The van der Waals surface area contributed by atoms with Gasteiger partial charge in [0.2, 0.25) is 5.69 Å². The molecule has 0 bridgehead atoms. The Kier molecular flexibility index (Phi) is 4.68. The summed E-state index contributed by atoms with van der Waals surface area (Å²) in [6, 6.07) is 24.1. The standard InChI is InChI=1S/C21H14ClN3O2/c22-17-10-6-15(7-11-17)14-23-18-12-8-16(9-13-18)20-21(26)27-24-25(20)19-4-2-1-3-5-19/h1-14H. The molecule has 6 heteroatoms. The van der Waals surface area contributed by atoms with Crippen molar-refractivity contribution < 1.29 is 14.3 Å². The quantitative estimate of drug-likeness (QED) is 0.398. The van der Waals surface area contributed by atoms with Crippen LogP contribution in [0.25, 0.3) is 16.9 Å². The highest BCUT2D eigenvalue weighted by atomic mass is 35.5. The van der Waals surface area contributed by atoms with E-state index in [0.29, 0.717) is 16.3 Å². The molecular weight excluding hydrogens is 362 g/mol. The van der Waals surface area contributed by atoms with E-state index < -0.39 is 5.95 Å². The predicted octanol–water partition coefficient (Wildman–Crippen LogP) is 4.10. The van der Waals surface area contributed by atoms with Gasteiger partial charge < -0.3 is 9.63 Å². The second kappa shape index (κ2) is 7.43. The minimum atomic E-state index is -0.490. The van der Waals surface area contributed by atoms with Crippen LogP contribution in [-0.4, -0.2) is 11.5 Å². The van der Waals surface area contributed by atoms with E-state index in [1.807, 2.05) is 78.9 Å². The predicted molar refractivity (Wildman–Crippen MR) is 102 cm³/mol. The molecule has 132 valence electrons. The van der Waals surface area contributed by atoms with Crippen molar-refractivity contribution in [1.29, 1.82) is 0 Å².